The Kier molecular flexibility index (Phi) is 3.77. The fourth-order valence-electron chi connectivity index (χ4n) is 1.99. The topological polar surface area (TPSA) is 44.1 Å². The highest BCUT2D eigenvalue weighted by atomic mass is 35.5. The highest BCUT2D eigenvalue weighted by Crippen LogP contribution is 2.28. The van der Waals surface area contributed by atoms with Gasteiger partial charge in [-0.25, -0.2) is 9.48 Å². The van der Waals surface area contributed by atoms with Gasteiger partial charge < -0.3 is 4.74 Å². The van der Waals surface area contributed by atoms with Crippen molar-refractivity contribution in [3.8, 4) is 16.3 Å². The molecule has 21 heavy (non-hydrogen) atoms. The van der Waals surface area contributed by atoms with Crippen LogP contribution in [0.1, 0.15) is 10.5 Å². The number of hydrogen-bond donors (Lipinski definition) is 0. The van der Waals surface area contributed by atoms with Crippen molar-refractivity contribution in [3.63, 3.8) is 0 Å². The van der Waals surface area contributed by atoms with Crippen molar-refractivity contribution < 1.29 is 9.53 Å². The van der Waals surface area contributed by atoms with Crippen LogP contribution in [0.25, 0.3) is 16.3 Å². The minimum absolute atomic E-state index is 0.265. The number of rotatable bonds is 3. The molecule has 0 saturated heterocycles. The standard InChI is InChI=1S/C15H11ClN2O2S/c1-20-15(19)12-9-13(14-6-3-7-21-14)18(17-12)11-5-2-4-10(16)8-11/h2-9H,1H3. The van der Waals surface area contributed by atoms with Crippen LogP contribution < -0.4 is 0 Å². The van der Waals surface area contributed by atoms with Gasteiger partial charge in [-0.2, -0.15) is 5.10 Å². The Morgan fingerprint density at radius 1 is 1.29 bits per heavy atom. The molecular formula is C15H11ClN2O2S. The minimum atomic E-state index is -0.464. The van der Waals surface area contributed by atoms with Crippen LogP contribution in [0.3, 0.4) is 0 Å². The first-order valence-corrected chi connectivity index (χ1v) is 7.43. The first kappa shape index (κ1) is 13.9. The molecule has 0 radical (unpaired) electrons. The number of carbonyl (C=O) groups is 1. The SMILES string of the molecule is COC(=O)c1cc(-c2cccs2)n(-c2cccc(Cl)c2)n1. The maximum absolute atomic E-state index is 11.7. The molecule has 0 aliphatic heterocycles. The Balaban J connectivity index is 2.18. The van der Waals surface area contributed by atoms with Crippen LogP contribution in [-0.4, -0.2) is 22.9 Å². The van der Waals surface area contributed by atoms with E-state index in [0.717, 1.165) is 16.3 Å². The van der Waals surface area contributed by atoms with Crippen molar-refractivity contribution >= 4 is 28.9 Å². The van der Waals surface area contributed by atoms with Crippen molar-refractivity contribution in [1.82, 2.24) is 9.78 Å². The summed E-state index contributed by atoms with van der Waals surface area (Å²) in [5, 5.41) is 6.92. The maximum atomic E-state index is 11.7. The number of aromatic nitrogens is 2. The molecular weight excluding hydrogens is 308 g/mol. The molecule has 0 fully saturated rings. The van der Waals surface area contributed by atoms with Crippen LogP contribution in [0.2, 0.25) is 5.02 Å². The summed E-state index contributed by atoms with van der Waals surface area (Å²) in [5.41, 5.74) is 1.88. The van der Waals surface area contributed by atoms with E-state index < -0.39 is 5.97 Å². The number of halogens is 1. The average Bonchev–Trinajstić information content (AvgIpc) is 3.15. The van der Waals surface area contributed by atoms with E-state index in [1.807, 2.05) is 29.6 Å². The quantitative estimate of drug-likeness (QED) is 0.685. The van der Waals surface area contributed by atoms with E-state index >= 15 is 0 Å². The van der Waals surface area contributed by atoms with Gasteiger partial charge in [0.15, 0.2) is 5.69 Å². The lowest BCUT2D eigenvalue weighted by atomic mass is 10.3. The fourth-order valence-corrected chi connectivity index (χ4v) is 2.90. The summed E-state index contributed by atoms with van der Waals surface area (Å²) in [6, 6.07) is 13.0. The zero-order valence-electron chi connectivity index (χ0n) is 11.1. The lowest BCUT2D eigenvalue weighted by Gasteiger charge is -2.06. The second kappa shape index (κ2) is 5.71. The van der Waals surface area contributed by atoms with Gasteiger partial charge in [0.05, 0.1) is 23.4 Å². The molecule has 4 nitrogen and oxygen atoms in total. The molecule has 2 heterocycles. The molecule has 106 valence electrons. The second-order valence-electron chi connectivity index (χ2n) is 4.28. The number of benzene rings is 1. The van der Waals surface area contributed by atoms with Gasteiger partial charge in [-0.05, 0) is 29.6 Å². The lowest BCUT2D eigenvalue weighted by Crippen LogP contribution is -2.04. The highest BCUT2D eigenvalue weighted by Gasteiger charge is 2.17. The smallest absolute Gasteiger partial charge is 0.358 e. The maximum Gasteiger partial charge on any atom is 0.358 e. The molecule has 0 unspecified atom stereocenters. The summed E-state index contributed by atoms with van der Waals surface area (Å²) < 4.78 is 6.44. The average molecular weight is 319 g/mol. The summed E-state index contributed by atoms with van der Waals surface area (Å²) in [6.07, 6.45) is 0. The van der Waals surface area contributed by atoms with Crippen LogP contribution >= 0.6 is 22.9 Å². The van der Waals surface area contributed by atoms with Gasteiger partial charge in [-0.15, -0.1) is 11.3 Å². The second-order valence-corrected chi connectivity index (χ2v) is 5.66. The van der Waals surface area contributed by atoms with E-state index in [1.165, 1.54) is 7.11 Å². The van der Waals surface area contributed by atoms with Crippen molar-refractivity contribution in [2.45, 2.75) is 0 Å². The van der Waals surface area contributed by atoms with E-state index in [4.69, 9.17) is 16.3 Å². The van der Waals surface area contributed by atoms with E-state index in [1.54, 1.807) is 34.2 Å². The summed E-state index contributed by atoms with van der Waals surface area (Å²) in [7, 11) is 1.34. The fraction of sp³-hybridized carbons (Fsp3) is 0.0667. The monoisotopic (exact) mass is 318 g/mol. The summed E-state index contributed by atoms with van der Waals surface area (Å²) in [4.78, 5) is 12.7. The summed E-state index contributed by atoms with van der Waals surface area (Å²) in [6.45, 7) is 0. The third-order valence-electron chi connectivity index (χ3n) is 2.93. The molecule has 6 heteroatoms. The van der Waals surface area contributed by atoms with Crippen molar-refractivity contribution in [1.29, 1.82) is 0 Å². The number of nitrogens with zero attached hydrogens (tertiary/aromatic N) is 2. The zero-order chi connectivity index (χ0) is 14.8. The molecule has 0 aliphatic rings. The van der Waals surface area contributed by atoms with Gasteiger partial charge in [0.25, 0.3) is 0 Å². The summed E-state index contributed by atoms with van der Waals surface area (Å²) in [5.74, 6) is -0.464. The van der Waals surface area contributed by atoms with E-state index in [2.05, 4.69) is 5.10 Å². The van der Waals surface area contributed by atoms with Crippen LogP contribution in [0.4, 0.5) is 0 Å². The molecule has 1 aromatic carbocycles. The molecule has 2 aromatic heterocycles. The summed E-state index contributed by atoms with van der Waals surface area (Å²) >= 11 is 7.61. The first-order chi connectivity index (χ1) is 10.2. The predicted molar refractivity (Wildman–Crippen MR) is 83.2 cm³/mol. The number of carbonyl (C=O) groups excluding carboxylic acids is 1. The van der Waals surface area contributed by atoms with E-state index in [0.29, 0.717) is 5.02 Å². The van der Waals surface area contributed by atoms with Gasteiger partial charge in [-0.3, -0.25) is 0 Å². The molecule has 0 amide bonds. The van der Waals surface area contributed by atoms with Gasteiger partial charge in [-0.1, -0.05) is 23.7 Å². The largest absolute Gasteiger partial charge is 0.464 e. The number of thiophene rings is 1. The lowest BCUT2D eigenvalue weighted by molar-refractivity contribution is 0.0593. The first-order valence-electron chi connectivity index (χ1n) is 6.17. The Labute approximate surface area is 130 Å². The van der Waals surface area contributed by atoms with Crippen LogP contribution in [0.5, 0.6) is 0 Å². The molecule has 0 N–H and O–H groups in total. The third-order valence-corrected chi connectivity index (χ3v) is 4.06. The Hall–Kier alpha value is -2.11. The number of ether oxygens (including phenoxy) is 1. The molecule has 0 bridgehead atoms. The molecule has 3 rings (SSSR count). The molecule has 0 aliphatic carbocycles. The van der Waals surface area contributed by atoms with E-state index in [-0.39, 0.29) is 5.69 Å². The van der Waals surface area contributed by atoms with Crippen molar-refractivity contribution in [3.05, 3.63) is 58.6 Å². The molecule has 3 aromatic rings. The van der Waals surface area contributed by atoms with Gasteiger partial charge >= 0.3 is 5.97 Å². The van der Waals surface area contributed by atoms with E-state index in [9.17, 15) is 4.79 Å². The predicted octanol–water partition coefficient (Wildman–Crippen LogP) is 4.04. The molecule has 0 saturated carbocycles. The number of methoxy groups -OCH3 is 1. The van der Waals surface area contributed by atoms with Gasteiger partial charge in [0.1, 0.15) is 0 Å². The van der Waals surface area contributed by atoms with Crippen molar-refractivity contribution in [2.75, 3.05) is 7.11 Å². The Morgan fingerprint density at radius 2 is 2.14 bits per heavy atom. The number of hydrogen-bond acceptors (Lipinski definition) is 4. The molecule has 0 atom stereocenters. The van der Waals surface area contributed by atoms with Gasteiger partial charge in [0.2, 0.25) is 0 Å². The Morgan fingerprint density at radius 3 is 2.81 bits per heavy atom. The van der Waals surface area contributed by atoms with Crippen molar-refractivity contribution in [2.24, 2.45) is 0 Å². The Bertz CT molecular complexity index is 781. The van der Waals surface area contributed by atoms with Crippen LogP contribution in [-0.2, 0) is 4.74 Å². The minimum Gasteiger partial charge on any atom is -0.464 e. The normalized spacial score (nSPS) is 10.6. The zero-order valence-corrected chi connectivity index (χ0v) is 12.7. The molecule has 0 spiro atoms. The highest BCUT2D eigenvalue weighted by molar-refractivity contribution is 7.13. The van der Waals surface area contributed by atoms with Gasteiger partial charge in [0, 0.05) is 11.1 Å². The van der Waals surface area contributed by atoms with Crippen LogP contribution in [0, 0.1) is 0 Å². The number of esters is 1. The third kappa shape index (κ3) is 2.70. The van der Waals surface area contributed by atoms with Crippen LogP contribution in [0.15, 0.2) is 47.8 Å².